The Kier molecular flexibility index (Phi) is 6.23. The summed E-state index contributed by atoms with van der Waals surface area (Å²) >= 11 is -0.296. The Balaban J connectivity index is 1.66. The first-order chi connectivity index (χ1) is 12.2. The number of nitrogens with two attached hydrogens (primary N) is 1. The maximum Gasteiger partial charge on any atom is 0.123 e. The number of halogens is 1. The third kappa shape index (κ3) is 4.48. The van der Waals surface area contributed by atoms with E-state index < -0.39 is 0 Å². The minimum absolute atomic E-state index is 0.0790. The van der Waals surface area contributed by atoms with Crippen LogP contribution in [0.4, 0.5) is 0 Å². The number of nitrogens with zero attached hydrogens (tertiary/aromatic N) is 1. The van der Waals surface area contributed by atoms with Gasteiger partial charge in [-0.1, -0.05) is 40.9 Å². The topological polar surface area (TPSA) is 54.3 Å². The van der Waals surface area contributed by atoms with Gasteiger partial charge in [-0.25, -0.2) is 3.11 Å². The molecule has 3 aromatic rings. The average molecular weight is 449 g/mol. The lowest BCUT2D eigenvalue weighted by Gasteiger charge is -2.22. The molecule has 3 rings (SSSR count). The first-order valence-corrected chi connectivity index (χ1v) is 10.8. The predicted molar refractivity (Wildman–Crippen MR) is 115 cm³/mol. The molecule has 0 saturated carbocycles. The van der Waals surface area contributed by atoms with Crippen LogP contribution in [0, 0.1) is 0 Å². The van der Waals surface area contributed by atoms with E-state index in [1.807, 2.05) is 24.3 Å². The van der Waals surface area contributed by atoms with E-state index in [2.05, 4.69) is 43.1 Å². The fraction of sp³-hybridized carbons (Fsp3) is 0.250. The summed E-state index contributed by atoms with van der Waals surface area (Å²) < 4.78 is 12.0. The van der Waals surface area contributed by atoms with Gasteiger partial charge >= 0.3 is 0 Å². The largest absolute Gasteiger partial charge is 0.496 e. The second-order valence-corrected chi connectivity index (χ2v) is 8.11. The molecule has 0 radical (unpaired) electrons. The molecule has 0 spiro atoms. The van der Waals surface area contributed by atoms with Gasteiger partial charge in [-0.2, -0.15) is 0 Å². The van der Waals surface area contributed by atoms with E-state index in [9.17, 15) is 0 Å². The van der Waals surface area contributed by atoms with Gasteiger partial charge in [0.1, 0.15) is 5.75 Å². The molecule has 3 N–H and O–H groups in total. The van der Waals surface area contributed by atoms with Crippen LogP contribution in [0.15, 0.2) is 54.7 Å². The van der Waals surface area contributed by atoms with Crippen molar-refractivity contribution in [2.24, 2.45) is 5.73 Å². The van der Waals surface area contributed by atoms with Crippen LogP contribution in [-0.2, 0) is 13.0 Å². The third-order valence-corrected chi connectivity index (χ3v) is 5.99. The Morgan fingerprint density at radius 1 is 1.16 bits per heavy atom. The van der Waals surface area contributed by atoms with Crippen molar-refractivity contribution in [3.05, 3.63) is 65.9 Å². The molecular formula is C20H24IN3O. The van der Waals surface area contributed by atoms with Gasteiger partial charge in [0, 0.05) is 41.8 Å². The maximum absolute atomic E-state index is 6.46. The van der Waals surface area contributed by atoms with Crippen molar-refractivity contribution < 1.29 is 4.74 Å². The zero-order chi connectivity index (χ0) is 17.6. The summed E-state index contributed by atoms with van der Waals surface area (Å²) in [5, 5.41) is 1.26. The molecule has 5 heteroatoms. The second-order valence-electron chi connectivity index (χ2n) is 6.06. The first-order valence-electron chi connectivity index (χ1n) is 8.27. The number of hydrogen-bond acceptors (Lipinski definition) is 3. The Morgan fingerprint density at radius 2 is 1.92 bits per heavy atom. The van der Waals surface area contributed by atoms with Crippen molar-refractivity contribution in [3.63, 3.8) is 0 Å². The number of para-hydroxylation sites is 2. The highest BCUT2D eigenvalue weighted by Crippen LogP contribution is 2.23. The fourth-order valence-electron chi connectivity index (χ4n) is 3.08. The third-order valence-electron chi connectivity index (χ3n) is 4.29. The van der Waals surface area contributed by atoms with E-state index in [0.717, 1.165) is 25.3 Å². The summed E-state index contributed by atoms with van der Waals surface area (Å²) in [5.41, 5.74) is 10.1. The zero-order valence-corrected chi connectivity index (χ0v) is 16.6. The van der Waals surface area contributed by atoms with Gasteiger partial charge in [0.25, 0.3) is 0 Å². The highest BCUT2D eigenvalue weighted by atomic mass is 127. The van der Waals surface area contributed by atoms with Crippen LogP contribution in [0.2, 0.25) is 0 Å². The van der Waals surface area contributed by atoms with Crippen LogP contribution in [-0.4, -0.2) is 32.3 Å². The van der Waals surface area contributed by atoms with E-state index in [0.29, 0.717) is 0 Å². The van der Waals surface area contributed by atoms with E-state index in [4.69, 9.17) is 10.5 Å². The number of nitrogens with one attached hydrogen (secondary N) is 1. The van der Waals surface area contributed by atoms with Crippen molar-refractivity contribution in [1.29, 1.82) is 0 Å². The molecule has 2 aromatic carbocycles. The minimum Gasteiger partial charge on any atom is -0.496 e. The van der Waals surface area contributed by atoms with Gasteiger partial charge in [0.05, 0.1) is 7.11 Å². The minimum atomic E-state index is -0.296. The highest BCUT2D eigenvalue weighted by molar-refractivity contribution is 14.2. The number of ether oxygens (including phenoxy) is 1. The fourth-order valence-corrected chi connectivity index (χ4v) is 4.47. The number of methoxy groups -OCH3 is 1. The molecule has 0 aliphatic carbocycles. The van der Waals surface area contributed by atoms with Gasteiger partial charge < -0.3 is 15.5 Å². The molecule has 132 valence electrons. The van der Waals surface area contributed by atoms with Gasteiger partial charge in [-0.15, -0.1) is 0 Å². The average Bonchev–Trinajstić information content (AvgIpc) is 3.04. The Bertz CT molecular complexity index is 846. The molecular weight excluding hydrogens is 425 g/mol. The smallest absolute Gasteiger partial charge is 0.123 e. The Hall–Kier alpha value is -1.70. The Labute approximate surface area is 159 Å². The van der Waals surface area contributed by atoms with Crippen molar-refractivity contribution >= 4 is 36.4 Å². The molecule has 0 amide bonds. The summed E-state index contributed by atoms with van der Waals surface area (Å²) in [4.78, 5) is 3.32. The van der Waals surface area contributed by atoms with Crippen molar-refractivity contribution in [2.45, 2.75) is 19.0 Å². The standard InChI is InChI=1S/C20H24IN3O/c1-21-24(13-15-7-3-6-10-20(15)25-2)14-17(22)11-16-12-23-19-9-5-4-8-18(16)19/h3-10,12,17,23H,1,11,13-14,22H2,2H3/t17-/m1/s1. The molecule has 0 bridgehead atoms. The van der Waals surface area contributed by atoms with Crippen LogP contribution < -0.4 is 10.5 Å². The summed E-state index contributed by atoms with van der Waals surface area (Å²) in [6.07, 6.45) is 2.94. The predicted octanol–water partition coefficient (Wildman–Crippen LogP) is 3.87. The van der Waals surface area contributed by atoms with Crippen molar-refractivity contribution in [3.8, 4) is 5.75 Å². The van der Waals surface area contributed by atoms with Crippen LogP contribution in [0.5, 0.6) is 5.75 Å². The lowest BCUT2D eigenvalue weighted by molar-refractivity contribution is 0.395. The van der Waals surface area contributed by atoms with Gasteiger partial charge in [0.2, 0.25) is 0 Å². The van der Waals surface area contributed by atoms with Crippen LogP contribution in [0.1, 0.15) is 11.1 Å². The van der Waals surface area contributed by atoms with E-state index in [1.165, 1.54) is 22.0 Å². The quantitative estimate of drug-likeness (QED) is 0.406. The number of aromatic nitrogens is 1. The highest BCUT2D eigenvalue weighted by Gasteiger charge is 2.14. The lowest BCUT2D eigenvalue weighted by atomic mass is 10.1. The number of hydrogen-bond donors (Lipinski definition) is 2. The molecule has 0 aliphatic heterocycles. The number of aromatic amines is 1. The zero-order valence-electron chi connectivity index (χ0n) is 14.4. The first kappa shape index (κ1) is 18.1. The molecule has 4 nitrogen and oxygen atoms in total. The molecule has 1 atom stereocenters. The molecule has 0 fully saturated rings. The molecule has 1 heterocycles. The van der Waals surface area contributed by atoms with E-state index >= 15 is 0 Å². The molecule has 1 aromatic heterocycles. The van der Waals surface area contributed by atoms with Gasteiger partial charge in [-0.3, -0.25) is 0 Å². The summed E-state index contributed by atoms with van der Waals surface area (Å²) in [7, 11) is 1.71. The summed E-state index contributed by atoms with van der Waals surface area (Å²) in [6, 6.07) is 16.6. The van der Waals surface area contributed by atoms with E-state index in [1.54, 1.807) is 7.11 Å². The van der Waals surface area contributed by atoms with Crippen LogP contribution in [0.25, 0.3) is 10.9 Å². The SMILES string of the molecule is C=IN(Cc1ccccc1OC)C[C@H](N)Cc1c[nH]c2ccccc12. The summed E-state index contributed by atoms with van der Waals surface area (Å²) in [5.74, 6) is 0.926. The molecule has 0 saturated heterocycles. The maximum atomic E-state index is 6.46. The van der Waals surface area contributed by atoms with Gasteiger partial charge in [0.15, 0.2) is 0 Å². The molecule has 0 aliphatic rings. The van der Waals surface area contributed by atoms with Crippen molar-refractivity contribution in [2.75, 3.05) is 13.7 Å². The summed E-state index contributed by atoms with van der Waals surface area (Å²) in [6.45, 7) is 1.68. The number of fused-ring (bicyclic) bond motifs is 1. The molecule has 0 unspecified atom stereocenters. The second kappa shape index (κ2) is 8.60. The van der Waals surface area contributed by atoms with Crippen LogP contribution in [0.3, 0.4) is 0 Å². The number of benzene rings is 2. The monoisotopic (exact) mass is 449 g/mol. The van der Waals surface area contributed by atoms with Crippen molar-refractivity contribution in [1.82, 2.24) is 8.10 Å². The lowest BCUT2D eigenvalue weighted by Crippen LogP contribution is -2.34. The van der Waals surface area contributed by atoms with E-state index in [-0.39, 0.29) is 27.0 Å². The number of rotatable bonds is 8. The molecule has 25 heavy (non-hydrogen) atoms. The van der Waals surface area contributed by atoms with Crippen LogP contribution >= 0.6 is 21.0 Å². The Morgan fingerprint density at radius 3 is 2.72 bits per heavy atom. The number of H-pyrrole nitrogens is 1. The normalized spacial score (nSPS) is 12.6. The van der Waals surface area contributed by atoms with Gasteiger partial charge in [-0.05, 0) is 45.1 Å².